The number of benzene rings is 2. The number of thioether (sulfide) groups is 1. The smallest absolute Gasteiger partial charge is 0.234 e. The molecule has 168 valence electrons. The van der Waals surface area contributed by atoms with Gasteiger partial charge in [0.1, 0.15) is 5.75 Å². The predicted octanol–water partition coefficient (Wildman–Crippen LogP) is 6.31. The Hall–Kier alpha value is -2.29. The molecule has 0 unspecified atom stereocenters. The van der Waals surface area contributed by atoms with Gasteiger partial charge in [0.25, 0.3) is 0 Å². The van der Waals surface area contributed by atoms with Gasteiger partial charge in [0.2, 0.25) is 5.91 Å². The van der Waals surface area contributed by atoms with E-state index in [0.717, 1.165) is 15.8 Å². The first kappa shape index (κ1) is 24.4. The SMILES string of the molecule is C=CCn1c(SCC(=O)Nc2ccc(Br)cc2Cl)nnc1-c1ccc(OCC(C)C)cc1. The average molecular weight is 536 g/mol. The van der Waals surface area contributed by atoms with Crippen LogP contribution in [0.2, 0.25) is 5.02 Å². The van der Waals surface area contributed by atoms with E-state index in [4.69, 9.17) is 16.3 Å². The molecular weight excluding hydrogens is 512 g/mol. The Labute approximate surface area is 205 Å². The lowest BCUT2D eigenvalue weighted by molar-refractivity contribution is -0.113. The van der Waals surface area contributed by atoms with Crippen LogP contribution in [-0.2, 0) is 11.3 Å². The number of nitrogens with one attached hydrogen (secondary N) is 1. The molecule has 0 fully saturated rings. The molecule has 0 saturated carbocycles. The van der Waals surface area contributed by atoms with E-state index in [-0.39, 0.29) is 11.7 Å². The van der Waals surface area contributed by atoms with E-state index in [9.17, 15) is 4.79 Å². The number of carbonyl (C=O) groups excluding carboxylic acids is 1. The molecule has 3 aromatic rings. The highest BCUT2D eigenvalue weighted by Crippen LogP contribution is 2.28. The van der Waals surface area contributed by atoms with E-state index in [1.54, 1.807) is 18.2 Å². The quantitative estimate of drug-likeness (QED) is 0.243. The molecule has 1 amide bonds. The number of aromatic nitrogens is 3. The van der Waals surface area contributed by atoms with Crippen molar-refractivity contribution >= 4 is 50.9 Å². The van der Waals surface area contributed by atoms with Crippen LogP contribution in [0, 0.1) is 5.92 Å². The number of hydrogen-bond donors (Lipinski definition) is 1. The fraction of sp³-hybridized carbons (Fsp3) is 0.261. The Morgan fingerprint density at radius 2 is 2.03 bits per heavy atom. The van der Waals surface area contributed by atoms with Gasteiger partial charge in [-0.15, -0.1) is 16.8 Å². The van der Waals surface area contributed by atoms with Gasteiger partial charge in [0, 0.05) is 16.6 Å². The van der Waals surface area contributed by atoms with Gasteiger partial charge in [0.15, 0.2) is 11.0 Å². The zero-order chi connectivity index (χ0) is 23.1. The second kappa shape index (κ2) is 11.5. The van der Waals surface area contributed by atoms with Crippen molar-refractivity contribution in [2.75, 3.05) is 17.7 Å². The van der Waals surface area contributed by atoms with Crippen molar-refractivity contribution in [2.24, 2.45) is 5.92 Å². The summed E-state index contributed by atoms with van der Waals surface area (Å²) in [5, 5.41) is 12.6. The standard InChI is InChI=1S/C23H24BrClN4O2S/c1-4-11-29-22(16-5-8-18(9-6-16)31-13-15(2)3)27-28-23(29)32-14-21(30)26-20-10-7-17(24)12-19(20)25/h4-10,12,15H,1,11,13-14H2,2-3H3,(H,26,30). The monoisotopic (exact) mass is 534 g/mol. The Kier molecular flexibility index (Phi) is 8.78. The third kappa shape index (κ3) is 6.60. The number of hydrogen-bond acceptors (Lipinski definition) is 5. The minimum absolute atomic E-state index is 0.170. The predicted molar refractivity (Wildman–Crippen MR) is 134 cm³/mol. The van der Waals surface area contributed by atoms with Crippen molar-refractivity contribution in [3.05, 3.63) is 64.6 Å². The zero-order valence-electron chi connectivity index (χ0n) is 17.8. The Balaban J connectivity index is 1.69. The average Bonchev–Trinajstić information content (AvgIpc) is 3.16. The molecule has 0 aliphatic heterocycles. The van der Waals surface area contributed by atoms with E-state index < -0.39 is 0 Å². The summed E-state index contributed by atoms with van der Waals surface area (Å²) in [4.78, 5) is 12.4. The maximum Gasteiger partial charge on any atom is 0.234 e. The number of amides is 1. The topological polar surface area (TPSA) is 69.0 Å². The molecule has 9 heteroatoms. The summed E-state index contributed by atoms with van der Waals surface area (Å²) in [7, 11) is 0. The Morgan fingerprint density at radius 3 is 2.69 bits per heavy atom. The summed E-state index contributed by atoms with van der Waals surface area (Å²) in [6.07, 6.45) is 1.78. The highest BCUT2D eigenvalue weighted by atomic mass is 79.9. The van der Waals surface area contributed by atoms with Crippen LogP contribution in [0.1, 0.15) is 13.8 Å². The van der Waals surface area contributed by atoms with Crippen LogP contribution in [0.25, 0.3) is 11.4 Å². The molecule has 6 nitrogen and oxygen atoms in total. The normalized spacial score (nSPS) is 10.9. The fourth-order valence-electron chi connectivity index (χ4n) is 2.77. The molecule has 1 heterocycles. The zero-order valence-corrected chi connectivity index (χ0v) is 21.0. The van der Waals surface area contributed by atoms with Gasteiger partial charge in [0.05, 0.1) is 23.1 Å². The van der Waals surface area contributed by atoms with E-state index in [0.29, 0.717) is 40.8 Å². The van der Waals surface area contributed by atoms with E-state index >= 15 is 0 Å². The molecule has 0 bridgehead atoms. The number of anilines is 1. The summed E-state index contributed by atoms with van der Waals surface area (Å²) in [6.45, 7) is 9.24. The molecule has 0 radical (unpaired) electrons. The van der Waals surface area contributed by atoms with Crippen molar-refractivity contribution < 1.29 is 9.53 Å². The fourth-order valence-corrected chi connectivity index (χ4v) is 4.24. The van der Waals surface area contributed by atoms with Gasteiger partial charge < -0.3 is 10.1 Å². The summed E-state index contributed by atoms with van der Waals surface area (Å²) in [5.74, 6) is 1.97. The Bertz CT molecular complexity index is 1090. The summed E-state index contributed by atoms with van der Waals surface area (Å²) >= 11 is 10.8. The first-order valence-corrected chi connectivity index (χ1v) is 12.2. The van der Waals surface area contributed by atoms with Crippen molar-refractivity contribution in [2.45, 2.75) is 25.5 Å². The molecule has 0 aliphatic carbocycles. The summed E-state index contributed by atoms with van der Waals surface area (Å²) in [6, 6.07) is 13.1. The van der Waals surface area contributed by atoms with Crippen LogP contribution in [0.15, 0.2) is 64.7 Å². The van der Waals surface area contributed by atoms with Gasteiger partial charge in [-0.2, -0.15) is 0 Å². The molecule has 3 rings (SSSR count). The van der Waals surface area contributed by atoms with Crippen molar-refractivity contribution in [3.8, 4) is 17.1 Å². The molecular formula is C23H24BrClN4O2S. The van der Waals surface area contributed by atoms with Crippen molar-refractivity contribution in [1.82, 2.24) is 14.8 Å². The van der Waals surface area contributed by atoms with Gasteiger partial charge in [-0.05, 0) is 48.4 Å². The number of halogens is 2. The van der Waals surface area contributed by atoms with Crippen LogP contribution in [-0.4, -0.2) is 33.0 Å². The third-order valence-electron chi connectivity index (χ3n) is 4.26. The minimum Gasteiger partial charge on any atom is -0.493 e. The first-order chi connectivity index (χ1) is 15.4. The van der Waals surface area contributed by atoms with Crippen LogP contribution in [0.4, 0.5) is 5.69 Å². The van der Waals surface area contributed by atoms with E-state index in [2.05, 4.69) is 51.9 Å². The second-order valence-electron chi connectivity index (χ2n) is 7.40. The van der Waals surface area contributed by atoms with Crippen LogP contribution < -0.4 is 10.1 Å². The number of nitrogens with zero attached hydrogens (tertiary/aromatic N) is 3. The largest absolute Gasteiger partial charge is 0.493 e. The highest BCUT2D eigenvalue weighted by molar-refractivity contribution is 9.10. The van der Waals surface area contributed by atoms with Crippen molar-refractivity contribution in [3.63, 3.8) is 0 Å². The molecule has 1 N–H and O–H groups in total. The molecule has 0 saturated heterocycles. The van der Waals surface area contributed by atoms with Crippen molar-refractivity contribution in [1.29, 1.82) is 0 Å². The second-order valence-corrected chi connectivity index (χ2v) is 9.66. The lowest BCUT2D eigenvalue weighted by Gasteiger charge is -2.10. The van der Waals surface area contributed by atoms with Crippen LogP contribution >= 0.6 is 39.3 Å². The van der Waals surface area contributed by atoms with Gasteiger partial charge >= 0.3 is 0 Å². The number of carbonyl (C=O) groups is 1. The van der Waals surface area contributed by atoms with Crippen LogP contribution in [0.5, 0.6) is 5.75 Å². The highest BCUT2D eigenvalue weighted by Gasteiger charge is 2.16. The number of ether oxygens (including phenoxy) is 1. The molecule has 0 aliphatic rings. The lowest BCUT2D eigenvalue weighted by atomic mass is 10.2. The molecule has 1 aromatic heterocycles. The maximum absolute atomic E-state index is 12.4. The molecule has 0 atom stereocenters. The summed E-state index contributed by atoms with van der Waals surface area (Å²) < 4.78 is 8.53. The van der Waals surface area contributed by atoms with Crippen LogP contribution in [0.3, 0.4) is 0 Å². The summed E-state index contributed by atoms with van der Waals surface area (Å²) in [5.41, 5.74) is 1.47. The molecule has 2 aromatic carbocycles. The maximum atomic E-state index is 12.4. The van der Waals surface area contributed by atoms with E-state index in [1.165, 1.54) is 11.8 Å². The van der Waals surface area contributed by atoms with E-state index in [1.807, 2.05) is 34.9 Å². The van der Waals surface area contributed by atoms with Gasteiger partial charge in [-0.1, -0.05) is 59.2 Å². The van der Waals surface area contributed by atoms with Gasteiger partial charge in [-0.3, -0.25) is 9.36 Å². The molecule has 0 spiro atoms. The number of allylic oxidation sites excluding steroid dienone is 1. The first-order valence-electron chi connectivity index (χ1n) is 10.0. The number of rotatable bonds is 10. The Morgan fingerprint density at radius 1 is 1.28 bits per heavy atom. The third-order valence-corrected chi connectivity index (χ3v) is 6.03. The minimum atomic E-state index is -0.180. The van der Waals surface area contributed by atoms with Gasteiger partial charge in [-0.25, -0.2) is 0 Å². The molecule has 32 heavy (non-hydrogen) atoms. The lowest BCUT2D eigenvalue weighted by Crippen LogP contribution is -2.15.